The van der Waals surface area contributed by atoms with E-state index in [0.717, 1.165) is 44.9 Å². The maximum absolute atomic E-state index is 12.5. The van der Waals surface area contributed by atoms with E-state index in [1.54, 1.807) is 0 Å². The fourth-order valence-corrected chi connectivity index (χ4v) is 11.3. The number of aliphatic hydroxyl groups is 2. The van der Waals surface area contributed by atoms with Crippen molar-refractivity contribution in [1.29, 1.82) is 0 Å². The molecule has 2 unspecified atom stereocenters. The number of ether oxygens (including phenoxy) is 1. The highest BCUT2D eigenvalue weighted by molar-refractivity contribution is 5.76. The minimum absolute atomic E-state index is 0.0154. The molecule has 1 amide bonds. The van der Waals surface area contributed by atoms with Gasteiger partial charge in [-0.15, -0.1) is 0 Å². The minimum atomic E-state index is -0.664. The molecule has 0 aliphatic carbocycles. The molecule has 0 aromatic rings. The van der Waals surface area contributed by atoms with Crippen LogP contribution in [0.5, 0.6) is 0 Å². The molecule has 0 heterocycles. The van der Waals surface area contributed by atoms with Gasteiger partial charge in [-0.25, -0.2) is 0 Å². The smallest absolute Gasteiger partial charge is 0.305 e. The van der Waals surface area contributed by atoms with Crippen LogP contribution in [0.15, 0.2) is 24.3 Å². The number of aliphatic hydroxyl groups excluding tert-OH is 2. The Balaban J connectivity index is 3.38. The predicted octanol–water partition coefficient (Wildman–Crippen LogP) is 22.9. The van der Waals surface area contributed by atoms with Crippen LogP contribution < -0.4 is 5.32 Å². The lowest BCUT2D eigenvalue weighted by Crippen LogP contribution is -2.45. The Bertz CT molecular complexity index is 1220. The largest absolute Gasteiger partial charge is 0.466 e. The maximum Gasteiger partial charge on any atom is 0.305 e. The number of amides is 1. The molecule has 0 rings (SSSR count). The summed E-state index contributed by atoms with van der Waals surface area (Å²) in [6.07, 6.45) is 85.2. The van der Waals surface area contributed by atoms with Crippen LogP contribution in [0.2, 0.25) is 0 Å². The van der Waals surface area contributed by atoms with E-state index in [4.69, 9.17) is 4.74 Å². The van der Waals surface area contributed by atoms with Crippen LogP contribution in [0.4, 0.5) is 0 Å². The summed E-state index contributed by atoms with van der Waals surface area (Å²) in [6.45, 7) is 4.99. The second-order valence-electron chi connectivity index (χ2n) is 24.6. The van der Waals surface area contributed by atoms with E-state index in [9.17, 15) is 19.8 Å². The van der Waals surface area contributed by atoms with Crippen LogP contribution in [0, 0.1) is 0 Å². The normalized spacial score (nSPS) is 12.6. The molecule has 2 atom stereocenters. The number of allylic oxidation sites excluding steroid dienone is 4. The van der Waals surface area contributed by atoms with E-state index in [-0.39, 0.29) is 18.5 Å². The Kier molecular flexibility index (Phi) is 66.4. The molecular weight excluding hydrogens is 959 g/mol. The quantitative estimate of drug-likeness (QED) is 0.0320. The Hall–Kier alpha value is -1.66. The average Bonchev–Trinajstić information content (AvgIpc) is 3.44. The van der Waals surface area contributed by atoms with E-state index in [0.29, 0.717) is 25.9 Å². The fourth-order valence-electron chi connectivity index (χ4n) is 11.3. The Morgan fingerprint density at radius 2 is 0.641 bits per heavy atom. The summed E-state index contributed by atoms with van der Waals surface area (Å²) < 4.78 is 5.48. The van der Waals surface area contributed by atoms with Crippen molar-refractivity contribution in [2.75, 3.05) is 13.2 Å². The minimum Gasteiger partial charge on any atom is -0.466 e. The number of rotatable bonds is 67. The molecule has 0 radical (unpaired) electrons. The van der Waals surface area contributed by atoms with Crippen LogP contribution >= 0.6 is 0 Å². The summed E-state index contributed by atoms with van der Waals surface area (Å²) in [6, 6.07) is -0.541. The third kappa shape index (κ3) is 63.5. The van der Waals surface area contributed by atoms with E-state index in [1.165, 1.54) is 321 Å². The monoisotopic (exact) mass is 1100 g/mol. The fraction of sp³-hybridized carbons (Fsp3) is 0.917. The molecule has 0 saturated carbocycles. The van der Waals surface area contributed by atoms with Crippen LogP contribution in [-0.4, -0.2) is 47.4 Å². The van der Waals surface area contributed by atoms with Crippen molar-refractivity contribution < 1.29 is 24.5 Å². The first kappa shape index (κ1) is 76.3. The van der Waals surface area contributed by atoms with Crippen LogP contribution in [0.1, 0.15) is 399 Å². The van der Waals surface area contributed by atoms with Gasteiger partial charge in [0.1, 0.15) is 0 Å². The summed E-state index contributed by atoms with van der Waals surface area (Å²) in [4.78, 5) is 24.6. The molecule has 0 aliphatic heterocycles. The van der Waals surface area contributed by atoms with Crippen molar-refractivity contribution in [3.05, 3.63) is 24.3 Å². The van der Waals surface area contributed by atoms with Crippen LogP contribution in [-0.2, 0) is 14.3 Å². The van der Waals surface area contributed by atoms with Gasteiger partial charge in [0, 0.05) is 12.8 Å². The van der Waals surface area contributed by atoms with E-state index in [2.05, 4.69) is 43.5 Å². The number of carbonyl (C=O) groups is 2. The molecule has 0 aromatic heterocycles. The van der Waals surface area contributed by atoms with Crippen molar-refractivity contribution in [3.8, 4) is 0 Å². The molecule has 0 aliphatic rings. The lowest BCUT2D eigenvalue weighted by molar-refractivity contribution is -0.143. The molecule has 78 heavy (non-hydrogen) atoms. The van der Waals surface area contributed by atoms with Gasteiger partial charge in [0.2, 0.25) is 5.91 Å². The summed E-state index contributed by atoms with van der Waals surface area (Å²) in [5, 5.41) is 23.4. The summed E-state index contributed by atoms with van der Waals surface area (Å²) >= 11 is 0. The van der Waals surface area contributed by atoms with Crippen molar-refractivity contribution in [1.82, 2.24) is 5.32 Å². The highest BCUT2D eigenvalue weighted by Gasteiger charge is 2.20. The number of carbonyl (C=O) groups excluding carboxylic acids is 2. The summed E-state index contributed by atoms with van der Waals surface area (Å²) in [7, 11) is 0. The lowest BCUT2D eigenvalue weighted by atomic mass is 10.0. The third-order valence-corrected chi connectivity index (χ3v) is 16.8. The molecule has 3 N–H and O–H groups in total. The van der Waals surface area contributed by atoms with Crippen molar-refractivity contribution in [2.24, 2.45) is 0 Å². The number of hydrogen-bond acceptors (Lipinski definition) is 5. The maximum atomic E-state index is 12.5. The number of unbranched alkanes of at least 4 members (excludes halogenated alkanes) is 52. The molecule has 0 saturated heterocycles. The van der Waals surface area contributed by atoms with Crippen molar-refractivity contribution in [2.45, 2.75) is 411 Å². The molecule has 6 nitrogen and oxygen atoms in total. The third-order valence-electron chi connectivity index (χ3n) is 16.8. The standard InChI is InChI=1S/C72H139NO5/c1-3-5-7-9-11-13-15-17-18-34-37-41-44-48-52-56-60-64-70(75)69(68-74)73-71(76)65-61-57-53-49-45-42-38-35-32-30-28-26-24-22-20-19-21-23-25-27-29-31-33-36-39-43-47-51-55-59-63-67-78-72(77)66-62-58-54-50-46-40-16-14-12-10-8-6-4-2/h21,23,27,29,69-70,74-75H,3-20,22,24-26,28,30-68H2,1-2H3,(H,73,76)/b23-21-,29-27-. The first-order chi connectivity index (χ1) is 38.5. The Morgan fingerprint density at radius 1 is 0.359 bits per heavy atom. The average molecular weight is 1100 g/mol. The van der Waals surface area contributed by atoms with Gasteiger partial charge < -0.3 is 20.3 Å². The summed E-state index contributed by atoms with van der Waals surface area (Å²) in [5.41, 5.74) is 0. The molecule has 6 heteroatoms. The van der Waals surface area contributed by atoms with E-state index >= 15 is 0 Å². The van der Waals surface area contributed by atoms with E-state index in [1.807, 2.05) is 0 Å². The molecule has 0 spiro atoms. The number of hydrogen-bond donors (Lipinski definition) is 3. The molecular formula is C72H139NO5. The molecule has 0 aromatic carbocycles. The Morgan fingerprint density at radius 3 is 0.974 bits per heavy atom. The second-order valence-corrected chi connectivity index (χ2v) is 24.6. The highest BCUT2D eigenvalue weighted by atomic mass is 16.5. The lowest BCUT2D eigenvalue weighted by Gasteiger charge is -2.22. The SMILES string of the molecule is CCCCCCCCCCCCCCCCCCCC(O)C(CO)NC(=O)CCCCCCCCCCCCCCCCC/C=C\C/C=C\CCCCCCCCCCCOC(=O)CCCCCCCCCCCCCCC. The Labute approximate surface area is 488 Å². The zero-order valence-corrected chi connectivity index (χ0v) is 52.9. The van der Waals surface area contributed by atoms with Crippen LogP contribution in [0.3, 0.4) is 0 Å². The van der Waals surface area contributed by atoms with Gasteiger partial charge in [0.25, 0.3) is 0 Å². The highest BCUT2D eigenvalue weighted by Crippen LogP contribution is 2.19. The van der Waals surface area contributed by atoms with Gasteiger partial charge in [-0.3, -0.25) is 9.59 Å². The molecule has 0 fully saturated rings. The first-order valence-electron chi connectivity index (χ1n) is 35.6. The van der Waals surface area contributed by atoms with Gasteiger partial charge >= 0.3 is 5.97 Å². The predicted molar refractivity (Wildman–Crippen MR) is 343 cm³/mol. The van der Waals surface area contributed by atoms with Gasteiger partial charge in [0.05, 0.1) is 25.4 Å². The summed E-state index contributed by atoms with van der Waals surface area (Å²) in [5.74, 6) is -0.0154. The van der Waals surface area contributed by atoms with Crippen molar-refractivity contribution >= 4 is 11.9 Å². The van der Waals surface area contributed by atoms with Gasteiger partial charge in [-0.1, -0.05) is 353 Å². The van der Waals surface area contributed by atoms with Gasteiger partial charge in [-0.2, -0.15) is 0 Å². The van der Waals surface area contributed by atoms with Crippen LogP contribution in [0.25, 0.3) is 0 Å². The number of nitrogens with one attached hydrogen (secondary N) is 1. The zero-order chi connectivity index (χ0) is 56.4. The van der Waals surface area contributed by atoms with Crippen molar-refractivity contribution in [3.63, 3.8) is 0 Å². The van der Waals surface area contributed by atoms with Gasteiger partial charge in [0.15, 0.2) is 0 Å². The van der Waals surface area contributed by atoms with Gasteiger partial charge in [-0.05, 0) is 57.8 Å². The second kappa shape index (κ2) is 67.8. The first-order valence-corrected chi connectivity index (χ1v) is 35.6. The number of esters is 1. The molecule has 462 valence electrons. The topological polar surface area (TPSA) is 95.9 Å². The molecule has 0 bridgehead atoms. The van der Waals surface area contributed by atoms with E-state index < -0.39 is 12.1 Å². The zero-order valence-electron chi connectivity index (χ0n) is 52.9.